The SMILES string of the molecule is CSCC(C)CNc1cn[nH]c(=O)c1Cl. The third kappa shape index (κ3) is 3.76. The Morgan fingerprint density at radius 3 is 3.13 bits per heavy atom. The lowest BCUT2D eigenvalue weighted by Crippen LogP contribution is -2.17. The van der Waals surface area contributed by atoms with Crippen molar-refractivity contribution in [1.82, 2.24) is 10.2 Å². The van der Waals surface area contributed by atoms with Gasteiger partial charge in [0.1, 0.15) is 5.02 Å². The lowest BCUT2D eigenvalue weighted by molar-refractivity contribution is 0.701. The molecule has 0 amide bonds. The topological polar surface area (TPSA) is 57.8 Å². The predicted octanol–water partition coefficient (Wildman–Crippen LogP) is 1.83. The van der Waals surface area contributed by atoms with E-state index in [4.69, 9.17) is 11.6 Å². The average Bonchev–Trinajstić information content (AvgIpc) is 2.21. The van der Waals surface area contributed by atoms with Gasteiger partial charge in [-0.25, -0.2) is 5.10 Å². The highest BCUT2D eigenvalue weighted by atomic mass is 35.5. The van der Waals surface area contributed by atoms with E-state index in [1.807, 2.05) is 0 Å². The highest BCUT2D eigenvalue weighted by molar-refractivity contribution is 7.98. The summed E-state index contributed by atoms with van der Waals surface area (Å²) in [6.45, 7) is 2.92. The number of hydrogen-bond donors (Lipinski definition) is 2. The molecule has 6 heteroatoms. The summed E-state index contributed by atoms with van der Waals surface area (Å²) in [5, 5.41) is 9.23. The van der Waals surface area contributed by atoms with Gasteiger partial charge in [0.25, 0.3) is 5.56 Å². The Labute approximate surface area is 97.8 Å². The number of anilines is 1. The largest absolute Gasteiger partial charge is 0.382 e. The van der Waals surface area contributed by atoms with Gasteiger partial charge < -0.3 is 5.32 Å². The van der Waals surface area contributed by atoms with Gasteiger partial charge in [-0.1, -0.05) is 18.5 Å². The Bertz CT molecular complexity index is 369. The number of H-pyrrole nitrogens is 1. The first-order valence-corrected chi connectivity index (χ1v) is 6.38. The summed E-state index contributed by atoms with van der Waals surface area (Å²) in [6.07, 6.45) is 3.59. The van der Waals surface area contributed by atoms with Crippen molar-refractivity contribution in [2.75, 3.05) is 23.9 Å². The van der Waals surface area contributed by atoms with Crippen LogP contribution in [0.3, 0.4) is 0 Å². The van der Waals surface area contributed by atoms with Crippen molar-refractivity contribution in [1.29, 1.82) is 0 Å². The van der Waals surface area contributed by atoms with Gasteiger partial charge in [-0.15, -0.1) is 0 Å². The minimum absolute atomic E-state index is 0.168. The predicted molar refractivity (Wildman–Crippen MR) is 65.9 cm³/mol. The van der Waals surface area contributed by atoms with E-state index in [1.54, 1.807) is 11.8 Å². The van der Waals surface area contributed by atoms with Crippen molar-refractivity contribution in [3.05, 3.63) is 21.6 Å². The molecule has 0 saturated carbocycles. The van der Waals surface area contributed by atoms with Crippen LogP contribution in [-0.4, -0.2) is 28.8 Å². The van der Waals surface area contributed by atoms with Crippen molar-refractivity contribution in [3.8, 4) is 0 Å². The van der Waals surface area contributed by atoms with Gasteiger partial charge in [0.05, 0.1) is 11.9 Å². The van der Waals surface area contributed by atoms with E-state index < -0.39 is 0 Å². The van der Waals surface area contributed by atoms with Crippen LogP contribution in [0.4, 0.5) is 5.69 Å². The van der Waals surface area contributed by atoms with Crippen molar-refractivity contribution in [3.63, 3.8) is 0 Å². The van der Waals surface area contributed by atoms with Gasteiger partial charge in [-0.3, -0.25) is 4.79 Å². The minimum atomic E-state index is -0.362. The van der Waals surface area contributed by atoms with E-state index in [-0.39, 0.29) is 10.6 Å². The number of thioether (sulfide) groups is 1. The van der Waals surface area contributed by atoms with Crippen molar-refractivity contribution in [2.24, 2.45) is 5.92 Å². The first-order valence-electron chi connectivity index (χ1n) is 4.61. The maximum Gasteiger partial charge on any atom is 0.285 e. The Morgan fingerprint density at radius 1 is 1.73 bits per heavy atom. The fourth-order valence-electron chi connectivity index (χ4n) is 1.13. The summed E-state index contributed by atoms with van der Waals surface area (Å²) in [7, 11) is 0. The Kier molecular flexibility index (Phi) is 4.98. The third-order valence-electron chi connectivity index (χ3n) is 1.89. The quantitative estimate of drug-likeness (QED) is 0.834. The highest BCUT2D eigenvalue weighted by Crippen LogP contribution is 2.15. The van der Waals surface area contributed by atoms with E-state index in [9.17, 15) is 4.79 Å². The fourth-order valence-corrected chi connectivity index (χ4v) is 1.98. The van der Waals surface area contributed by atoms with Crippen LogP contribution >= 0.6 is 23.4 Å². The molecule has 0 spiro atoms. The molecule has 0 fully saturated rings. The number of nitrogens with one attached hydrogen (secondary N) is 2. The maximum absolute atomic E-state index is 11.1. The van der Waals surface area contributed by atoms with Crippen LogP contribution < -0.4 is 10.9 Å². The van der Waals surface area contributed by atoms with E-state index in [0.29, 0.717) is 11.6 Å². The highest BCUT2D eigenvalue weighted by Gasteiger charge is 2.06. The molecular formula is C9H14ClN3OS. The van der Waals surface area contributed by atoms with Gasteiger partial charge in [0.2, 0.25) is 0 Å². The molecule has 0 aliphatic rings. The summed E-state index contributed by atoms with van der Waals surface area (Å²) < 4.78 is 0. The molecule has 1 rings (SSSR count). The molecule has 0 bridgehead atoms. The van der Waals surface area contributed by atoms with Crippen LogP contribution in [0.2, 0.25) is 5.02 Å². The molecule has 1 atom stereocenters. The Hall–Kier alpha value is -0.680. The molecule has 0 aliphatic carbocycles. The van der Waals surface area contributed by atoms with E-state index in [0.717, 1.165) is 12.3 Å². The van der Waals surface area contributed by atoms with Gasteiger partial charge in [-0.2, -0.15) is 16.9 Å². The van der Waals surface area contributed by atoms with Crippen LogP contribution in [0.15, 0.2) is 11.0 Å². The molecule has 84 valence electrons. The zero-order valence-electron chi connectivity index (χ0n) is 8.71. The van der Waals surface area contributed by atoms with Crippen molar-refractivity contribution in [2.45, 2.75) is 6.92 Å². The summed E-state index contributed by atoms with van der Waals surface area (Å²) in [4.78, 5) is 11.1. The number of rotatable bonds is 5. The van der Waals surface area contributed by atoms with Crippen molar-refractivity contribution < 1.29 is 0 Å². The molecule has 0 saturated heterocycles. The second-order valence-electron chi connectivity index (χ2n) is 3.37. The first kappa shape index (κ1) is 12.4. The smallest absolute Gasteiger partial charge is 0.285 e. The molecule has 1 aromatic heterocycles. The number of aromatic amines is 1. The monoisotopic (exact) mass is 247 g/mol. The standard InChI is InChI=1S/C9H14ClN3OS/c1-6(5-15-2)3-11-7-4-12-13-9(14)8(7)10/h4,6H,3,5H2,1-2H3,(H2,11,13,14). The van der Waals surface area contributed by atoms with Crippen LogP contribution in [0.25, 0.3) is 0 Å². The summed E-state index contributed by atoms with van der Waals surface area (Å²) in [5.74, 6) is 1.59. The molecule has 0 radical (unpaired) electrons. The van der Waals surface area contributed by atoms with Gasteiger partial charge in [0.15, 0.2) is 0 Å². The maximum atomic E-state index is 11.1. The zero-order chi connectivity index (χ0) is 11.3. The fraction of sp³-hybridized carbons (Fsp3) is 0.556. The second-order valence-corrected chi connectivity index (χ2v) is 4.66. The average molecular weight is 248 g/mol. The molecule has 4 nitrogen and oxygen atoms in total. The first-order chi connectivity index (χ1) is 7.15. The van der Waals surface area contributed by atoms with Gasteiger partial charge >= 0.3 is 0 Å². The van der Waals surface area contributed by atoms with E-state index in [1.165, 1.54) is 6.20 Å². The molecule has 1 aromatic rings. The van der Waals surface area contributed by atoms with Gasteiger partial charge in [-0.05, 0) is 17.9 Å². The lowest BCUT2D eigenvalue weighted by Gasteiger charge is -2.12. The summed E-state index contributed by atoms with van der Waals surface area (Å²) >= 11 is 7.60. The minimum Gasteiger partial charge on any atom is -0.382 e. The molecular weight excluding hydrogens is 234 g/mol. The summed E-state index contributed by atoms with van der Waals surface area (Å²) in [5.41, 5.74) is 0.229. The van der Waals surface area contributed by atoms with E-state index >= 15 is 0 Å². The van der Waals surface area contributed by atoms with E-state index in [2.05, 4.69) is 28.7 Å². The lowest BCUT2D eigenvalue weighted by atomic mass is 10.2. The normalized spacial score (nSPS) is 12.5. The molecule has 1 unspecified atom stereocenters. The molecule has 0 aliphatic heterocycles. The number of nitrogens with zero attached hydrogens (tertiary/aromatic N) is 1. The van der Waals surface area contributed by atoms with Gasteiger partial charge in [0, 0.05) is 6.54 Å². The summed E-state index contributed by atoms with van der Waals surface area (Å²) in [6, 6.07) is 0. The van der Waals surface area contributed by atoms with Crippen LogP contribution in [-0.2, 0) is 0 Å². The van der Waals surface area contributed by atoms with Crippen LogP contribution in [0.5, 0.6) is 0 Å². The second kappa shape index (κ2) is 6.02. The third-order valence-corrected chi connectivity index (χ3v) is 3.17. The Morgan fingerprint density at radius 2 is 2.47 bits per heavy atom. The molecule has 2 N–H and O–H groups in total. The Balaban J connectivity index is 2.58. The number of hydrogen-bond acceptors (Lipinski definition) is 4. The van der Waals surface area contributed by atoms with Crippen LogP contribution in [0.1, 0.15) is 6.92 Å². The molecule has 15 heavy (non-hydrogen) atoms. The van der Waals surface area contributed by atoms with Crippen molar-refractivity contribution >= 4 is 29.1 Å². The zero-order valence-corrected chi connectivity index (χ0v) is 10.3. The molecule has 1 heterocycles. The number of halogens is 1. The molecule has 0 aromatic carbocycles. The number of aromatic nitrogens is 2. The van der Waals surface area contributed by atoms with Crippen LogP contribution in [0, 0.1) is 5.92 Å².